The van der Waals surface area contributed by atoms with Crippen LogP contribution in [0.2, 0.25) is 4.47 Å². The van der Waals surface area contributed by atoms with Crippen LogP contribution in [0.5, 0.6) is 0 Å². The fourth-order valence-electron chi connectivity index (χ4n) is 1.54. The van der Waals surface area contributed by atoms with Gasteiger partial charge in [-0.2, -0.15) is 0 Å². The third-order valence-electron chi connectivity index (χ3n) is 2.48. The fraction of sp³-hybridized carbons (Fsp3) is 0.625. The van der Waals surface area contributed by atoms with E-state index < -0.39 is 0 Å². The lowest BCUT2D eigenvalue weighted by atomic mass is 10.0. The van der Waals surface area contributed by atoms with Crippen LogP contribution in [-0.2, 0) is 5.41 Å². The highest BCUT2D eigenvalue weighted by Crippen LogP contribution is 2.52. The maximum atomic E-state index is 5.77. The highest BCUT2D eigenvalue weighted by Gasteiger charge is 2.44. The van der Waals surface area contributed by atoms with Crippen LogP contribution in [0.1, 0.15) is 24.1 Å². The first kappa shape index (κ1) is 8.48. The largest absolute Gasteiger partial charge is 0.330 e. The highest BCUT2D eigenvalue weighted by molar-refractivity contribution is 7.15. The van der Waals surface area contributed by atoms with Crippen LogP contribution in [0.4, 0.5) is 0 Å². The second-order valence-electron chi connectivity index (χ2n) is 3.30. The number of halogens is 1. The predicted octanol–water partition coefficient (Wildman–Crippen LogP) is 2.18. The molecule has 0 aliphatic heterocycles. The Kier molecular flexibility index (Phi) is 2.10. The maximum absolute atomic E-state index is 5.77. The summed E-state index contributed by atoms with van der Waals surface area (Å²) in [6, 6.07) is 0. The van der Waals surface area contributed by atoms with Gasteiger partial charge in [-0.3, -0.25) is 0 Å². The molecule has 2 nitrogen and oxygen atoms in total. The summed E-state index contributed by atoms with van der Waals surface area (Å²) in [5.41, 5.74) is 5.91. The van der Waals surface area contributed by atoms with Gasteiger partial charge in [-0.15, -0.1) is 11.3 Å². The second kappa shape index (κ2) is 2.98. The van der Waals surface area contributed by atoms with Crippen molar-refractivity contribution in [3.8, 4) is 0 Å². The molecule has 0 aromatic carbocycles. The summed E-state index contributed by atoms with van der Waals surface area (Å²) in [4.78, 5) is 5.37. The van der Waals surface area contributed by atoms with Crippen molar-refractivity contribution in [2.24, 2.45) is 5.73 Å². The predicted molar refractivity (Wildman–Crippen MR) is 51.7 cm³/mol. The first-order chi connectivity index (χ1) is 5.77. The molecule has 0 spiro atoms. The Bertz CT molecular complexity index is 280. The van der Waals surface area contributed by atoms with Crippen LogP contribution in [0, 0.1) is 0 Å². The Balaban J connectivity index is 2.18. The molecule has 1 fully saturated rings. The summed E-state index contributed by atoms with van der Waals surface area (Å²) in [5, 5.41) is 0. The average Bonchev–Trinajstić information content (AvgIpc) is 2.69. The summed E-state index contributed by atoms with van der Waals surface area (Å²) in [6.07, 6.45) is 5.48. The van der Waals surface area contributed by atoms with Crippen LogP contribution in [-0.4, -0.2) is 11.5 Å². The fourth-order valence-corrected chi connectivity index (χ4v) is 2.76. The second-order valence-corrected chi connectivity index (χ2v) is 4.91. The number of nitrogens with two attached hydrogens (primary N) is 1. The van der Waals surface area contributed by atoms with Gasteiger partial charge in [-0.05, 0) is 25.8 Å². The van der Waals surface area contributed by atoms with Crippen LogP contribution in [0.15, 0.2) is 6.20 Å². The number of hydrogen-bond donors (Lipinski definition) is 1. The Labute approximate surface area is 80.8 Å². The SMILES string of the molecule is NCCC1(c2cnc(Cl)s2)CC1. The summed E-state index contributed by atoms with van der Waals surface area (Å²) in [6.45, 7) is 0.759. The van der Waals surface area contributed by atoms with Gasteiger partial charge in [-0.1, -0.05) is 11.6 Å². The number of hydrogen-bond acceptors (Lipinski definition) is 3. The molecule has 1 aromatic rings. The van der Waals surface area contributed by atoms with Gasteiger partial charge in [0.1, 0.15) is 0 Å². The molecule has 12 heavy (non-hydrogen) atoms. The zero-order valence-corrected chi connectivity index (χ0v) is 8.29. The van der Waals surface area contributed by atoms with Gasteiger partial charge in [0, 0.05) is 16.5 Å². The molecule has 1 aromatic heterocycles. The zero-order chi connectivity index (χ0) is 8.60. The Morgan fingerprint density at radius 2 is 2.42 bits per heavy atom. The molecule has 0 radical (unpaired) electrons. The third kappa shape index (κ3) is 1.37. The average molecular weight is 203 g/mol. The minimum Gasteiger partial charge on any atom is -0.330 e. The standard InChI is InChI=1S/C8H11ClN2S/c9-7-11-5-6(12-7)8(1-2-8)3-4-10/h5H,1-4,10H2. The van der Waals surface area contributed by atoms with E-state index in [1.54, 1.807) is 11.3 Å². The van der Waals surface area contributed by atoms with E-state index in [1.807, 2.05) is 6.20 Å². The van der Waals surface area contributed by atoms with Crippen molar-refractivity contribution in [1.82, 2.24) is 4.98 Å². The summed E-state index contributed by atoms with van der Waals surface area (Å²) >= 11 is 7.37. The van der Waals surface area contributed by atoms with Crippen molar-refractivity contribution in [3.63, 3.8) is 0 Å². The molecule has 0 atom stereocenters. The van der Waals surface area contributed by atoms with E-state index in [-0.39, 0.29) is 0 Å². The molecule has 0 bridgehead atoms. The minimum absolute atomic E-state index is 0.361. The van der Waals surface area contributed by atoms with Gasteiger partial charge in [0.15, 0.2) is 4.47 Å². The van der Waals surface area contributed by atoms with Crippen LogP contribution >= 0.6 is 22.9 Å². The molecular weight excluding hydrogens is 192 g/mol. The molecule has 2 rings (SSSR count). The zero-order valence-electron chi connectivity index (χ0n) is 6.72. The molecule has 0 saturated heterocycles. The molecule has 1 aliphatic carbocycles. The van der Waals surface area contributed by atoms with Crippen LogP contribution in [0.25, 0.3) is 0 Å². The number of rotatable bonds is 3. The number of aromatic nitrogens is 1. The van der Waals surface area contributed by atoms with E-state index >= 15 is 0 Å². The van der Waals surface area contributed by atoms with Gasteiger partial charge in [-0.25, -0.2) is 4.98 Å². The molecular formula is C8H11ClN2S. The Morgan fingerprint density at radius 1 is 1.67 bits per heavy atom. The summed E-state index contributed by atoms with van der Waals surface area (Å²) in [5.74, 6) is 0. The van der Waals surface area contributed by atoms with Crippen molar-refractivity contribution >= 4 is 22.9 Å². The van der Waals surface area contributed by atoms with Crippen molar-refractivity contribution in [3.05, 3.63) is 15.5 Å². The topological polar surface area (TPSA) is 38.9 Å². The van der Waals surface area contributed by atoms with E-state index in [4.69, 9.17) is 17.3 Å². The van der Waals surface area contributed by atoms with Gasteiger partial charge in [0.25, 0.3) is 0 Å². The lowest BCUT2D eigenvalue weighted by Gasteiger charge is -2.09. The molecule has 0 unspecified atom stereocenters. The van der Waals surface area contributed by atoms with Gasteiger partial charge in [0.2, 0.25) is 0 Å². The number of nitrogens with zero attached hydrogens (tertiary/aromatic N) is 1. The molecule has 0 amide bonds. The quantitative estimate of drug-likeness (QED) is 0.816. The van der Waals surface area contributed by atoms with Gasteiger partial charge < -0.3 is 5.73 Å². The monoisotopic (exact) mass is 202 g/mol. The van der Waals surface area contributed by atoms with Crippen molar-refractivity contribution in [2.75, 3.05) is 6.54 Å². The number of thiazole rings is 1. The summed E-state index contributed by atoms with van der Waals surface area (Å²) in [7, 11) is 0. The molecule has 1 saturated carbocycles. The van der Waals surface area contributed by atoms with E-state index in [0.29, 0.717) is 9.88 Å². The lowest BCUT2D eigenvalue weighted by molar-refractivity contribution is 0.639. The minimum atomic E-state index is 0.361. The molecule has 66 valence electrons. The van der Waals surface area contributed by atoms with Gasteiger partial charge in [0.05, 0.1) is 0 Å². The summed E-state index contributed by atoms with van der Waals surface area (Å²) < 4.78 is 0.647. The van der Waals surface area contributed by atoms with E-state index in [9.17, 15) is 0 Å². The molecule has 1 aliphatic rings. The van der Waals surface area contributed by atoms with Crippen LogP contribution in [0.3, 0.4) is 0 Å². The molecule has 2 N–H and O–H groups in total. The lowest BCUT2D eigenvalue weighted by Crippen LogP contribution is -2.11. The van der Waals surface area contributed by atoms with Crippen molar-refractivity contribution < 1.29 is 0 Å². The first-order valence-electron chi connectivity index (χ1n) is 4.09. The van der Waals surface area contributed by atoms with E-state index in [0.717, 1.165) is 13.0 Å². The Hall–Kier alpha value is -0.120. The van der Waals surface area contributed by atoms with Crippen molar-refractivity contribution in [2.45, 2.75) is 24.7 Å². The smallest absolute Gasteiger partial charge is 0.183 e. The molecule has 1 heterocycles. The normalized spacial score (nSPS) is 19.5. The van der Waals surface area contributed by atoms with E-state index in [2.05, 4.69) is 4.98 Å². The van der Waals surface area contributed by atoms with Crippen molar-refractivity contribution in [1.29, 1.82) is 0 Å². The maximum Gasteiger partial charge on any atom is 0.183 e. The highest BCUT2D eigenvalue weighted by atomic mass is 35.5. The van der Waals surface area contributed by atoms with Crippen LogP contribution < -0.4 is 5.73 Å². The van der Waals surface area contributed by atoms with Gasteiger partial charge >= 0.3 is 0 Å². The van der Waals surface area contributed by atoms with E-state index in [1.165, 1.54) is 17.7 Å². The third-order valence-corrected chi connectivity index (χ3v) is 3.84. The first-order valence-corrected chi connectivity index (χ1v) is 5.28. The molecule has 4 heteroatoms. The Morgan fingerprint density at radius 3 is 2.83 bits per heavy atom.